The van der Waals surface area contributed by atoms with E-state index >= 15 is 0 Å². The van der Waals surface area contributed by atoms with Gasteiger partial charge in [-0.1, -0.05) is 41.4 Å². The highest BCUT2D eigenvalue weighted by atomic mass is 35.5. The Morgan fingerprint density at radius 1 is 1.12 bits per heavy atom. The van der Waals surface area contributed by atoms with Crippen LogP contribution in [0.25, 0.3) is 0 Å². The standard InChI is InChI=1S/C19H19Cl2NO3/c1-12(2)22(15-7-5-4-6-8-15)18(24)11-25-19-16(13(3)23)9-14(20)10-17(19)21/h4-10,12H,11H2,1-3H3. The molecule has 0 saturated carbocycles. The molecule has 0 atom stereocenters. The third-order valence-corrected chi connectivity index (χ3v) is 4.05. The molecule has 0 aromatic heterocycles. The van der Waals surface area contributed by atoms with Crippen LogP contribution in [0.4, 0.5) is 5.69 Å². The Balaban J connectivity index is 2.23. The molecule has 0 N–H and O–H groups in total. The van der Waals surface area contributed by atoms with Gasteiger partial charge in [0, 0.05) is 16.8 Å². The van der Waals surface area contributed by atoms with Gasteiger partial charge in [-0.05, 0) is 45.0 Å². The van der Waals surface area contributed by atoms with Crippen LogP contribution in [0.1, 0.15) is 31.1 Å². The largest absolute Gasteiger partial charge is 0.481 e. The summed E-state index contributed by atoms with van der Waals surface area (Å²) in [5.74, 6) is -0.305. The Labute approximate surface area is 157 Å². The van der Waals surface area contributed by atoms with Crippen molar-refractivity contribution in [3.05, 3.63) is 58.1 Å². The van der Waals surface area contributed by atoms with Crippen LogP contribution in [0, 0.1) is 0 Å². The molecule has 25 heavy (non-hydrogen) atoms. The topological polar surface area (TPSA) is 46.6 Å². The van der Waals surface area contributed by atoms with Gasteiger partial charge in [0.1, 0.15) is 5.75 Å². The third kappa shape index (κ3) is 4.74. The predicted molar refractivity (Wildman–Crippen MR) is 101 cm³/mol. The number of benzene rings is 2. The van der Waals surface area contributed by atoms with E-state index in [1.807, 2.05) is 44.2 Å². The van der Waals surface area contributed by atoms with Crippen molar-refractivity contribution in [2.45, 2.75) is 26.8 Å². The fraction of sp³-hybridized carbons (Fsp3) is 0.263. The molecule has 4 nitrogen and oxygen atoms in total. The van der Waals surface area contributed by atoms with Crippen LogP contribution in [0.2, 0.25) is 10.0 Å². The van der Waals surface area contributed by atoms with Crippen molar-refractivity contribution in [1.29, 1.82) is 0 Å². The summed E-state index contributed by atoms with van der Waals surface area (Å²) in [6, 6.07) is 12.2. The summed E-state index contributed by atoms with van der Waals surface area (Å²) in [4.78, 5) is 26.1. The molecule has 132 valence electrons. The third-order valence-electron chi connectivity index (χ3n) is 3.55. The van der Waals surface area contributed by atoms with Gasteiger partial charge in [-0.25, -0.2) is 0 Å². The SMILES string of the molecule is CC(=O)c1cc(Cl)cc(Cl)c1OCC(=O)N(c1ccccc1)C(C)C. The molecule has 0 heterocycles. The van der Waals surface area contributed by atoms with Crippen LogP contribution in [0.15, 0.2) is 42.5 Å². The van der Waals surface area contributed by atoms with E-state index < -0.39 is 0 Å². The summed E-state index contributed by atoms with van der Waals surface area (Å²) in [7, 11) is 0. The van der Waals surface area contributed by atoms with Crippen molar-refractivity contribution in [3.63, 3.8) is 0 Å². The molecule has 0 saturated heterocycles. The van der Waals surface area contributed by atoms with Crippen molar-refractivity contribution in [2.24, 2.45) is 0 Å². The summed E-state index contributed by atoms with van der Waals surface area (Å²) in [5.41, 5.74) is 1.03. The number of halogens is 2. The van der Waals surface area contributed by atoms with Gasteiger partial charge in [-0.3, -0.25) is 9.59 Å². The van der Waals surface area contributed by atoms with Gasteiger partial charge in [-0.15, -0.1) is 0 Å². The number of rotatable bonds is 6. The van der Waals surface area contributed by atoms with E-state index in [0.717, 1.165) is 5.69 Å². The fourth-order valence-electron chi connectivity index (χ4n) is 2.49. The number of carbonyl (C=O) groups excluding carboxylic acids is 2. The Kier molecular flexibility index (Phi) is 6.45. The molecule has 0 radical (unpaired) electrons. The quantitative estimate of drug-likeness (QED) is 0.662. The molecular weight excluding hydrogens is 361 g/mol. The second kappa shape index (κ2) is 8.37. The highest BCUT2D eigenvalue weighted by Gasteiger charge is 2.21. The van der Waals surface area contributed by atoms with E-state index in [1.165, 1.54) is 19.1 Å². The molecule has 2 aromatic rings. The maximum absolute atomic E-state index is 12.7. The Morgan fingerprint density at radius 3 is 2.32 bits per heavy atom. The lowest BCUT2D eigenvalue weighted by Crippen LogP contribution is -2.40. The maximum Gasteiger partial charge on any atom is 0.265 e. The first-order chi connectivity index (χ1) is 11.8. The molecule has 2 rings (SSSR count). The van der Waals surface area contributed by atoms with E-state index in [9.17, 15) is 9.59 Å². The number of amides is 1. The van der Waals surface area contributed by atoms with Gasteiger partial charge in [0.2, 0.25) is 0 Å². The van der Waals surface area contributed by atoms with Gasteiger partial charge >= 0.3 is 0 Å². The number of ether oxygens (including phenoxy) is 1. The molecule has 0 unspecified atom stereocenters. The number of hydrogen-bond donors (Lipinski definition) is 0. The number of carbonyl (C=O) groups is 2. The average Bonchev–Trinajstić information content (AvgIpc) is 2.54. The van der Waals surface area contributed by atoms with E-state index in [-0.39, 0.29) is 40.7 Å². The minimum atomic E-state index is -0.241. The van der Waals surface area contributed by atoms with E-state index in [4.69, 9.17) is 27.9 Å². The summed E-state index contributed by atoms with van der Waals surface area (Å²) < 4.78 is 5.60. The molecular formula is C19H19Cl2NO3. The highest BCUT2D eigenvalue weighted by Crippen LogP contribution is 2.33. The van der Waals surface area contributed by atoms with Crippen LogP contribution >= 0.6 is 23.2 Å². The molecule has 0 aliphatic rings. The van der Waals surface area contributed by atoms with Gasteiger partial charge < -0.3 is 9.64 Å². The molecule has 0 fully saturated rings. The molecule has 0 aliphatic heterocycles. The van der Waals surface area contributed by atoms with Gasteiger partial charge in [0.25, 0.3) is 5.91 Å². The summed E-state index contributed by atoms with van der Waals surface area (Å²) in [6.07, 6.45) is 0. The number of ketones is 1. The average molecular weight is 380 g/mol. The van der Waals surface area contributed by atoms with Crippen LogP contribution in [-0.4, -0.2) is 24.3 Å². The number of para-hydroxylation sites is 1. The van der Waals surface area contributed by atoms with Crippen LogP contribution in [-0.2, 0) is 4.79 Å². The summed E-state index contributed by atoms with van der Waals surface area (Å²) >= 11 is 12.1. The van der Waals surface area contributed by atoms with Crippen molar-refractivity contribution >= 4 is 40.6 Å². The van der Waals surface area contributed by atoms with Gasteiger partial charge in [-0.2, -0.15) is 0 Å². The summed E-state index contributed by atoms with van der Waals surface area (Å²) in [6.45, 7) is 4.98. The monoisotopic (exact) mass is 379 g/mol. The zero-order valence-corrected chi connectivity index (χ0v) is 15.8. The van der Waals surface area contributed by atoms with Gasteiger partial charge in [0.05, 0.1) is 10.6 Å². The fourth-order valence-corrected chi connectivity index (χ4v) is 3.04. The van der Waals surface area contributed by atoms with Crippen molar-refractivity contribution in [3.8, 4) is 5.75 Å². The zero-order valence-electron chi connectivity index (χ0n) is 14.3. The number of Topliss-reactive ketones (excluding diaryl/α,β-unsaturated/α-hetero) is 1. The lowest BCUT2D eigenvalue weighted by Gasteiger charge is -2.27. The molecule has 0 bridgehead atoms. The Bertz CT molecular complexity index is 776. The predicted octanol–water partition coefficient (Wildman–Crippen LogP) is 5.02. The molecule has 0 aliphatic carbocycles. The van der Waals surface area contributed by atoms with Crippen molar-refractivity contribution < 1.29 is 14.3 Å². The molecule has 0 spiro atoms. The Morgan fingerprint density at radius 2 is 1.76 bits per heavy atom. The van der Waals surface area contributed by atoms with Crippen molar-refractivity contribution in [1.82, 2.24) is 0 Å². The lowest BCUT2D eigenvalue weighted by atomic mass is 10.1. The molecule has 2 aromatic carbocycles. The van der Waals surface area contributed by atoms with Gasteiger partial charge in [0.15, 0.2) is 12.4 Å². The Hall–Kier alpha value is -2.04. The zero-order chi connectivity index (χ0) is 18.6. The minimum absolute atomic E-state index is 0.0496. The number of nitrogens with zero attached hydrogens (tertiary/aromatic N) is 1. The first-order valence-corrected chi connectivity index (χ1v) is 8.56. The normalized spacial score (nSPS) is 10.6. The first-order valence-electron chi connectivity index (χ1n) is 7.81. The number of hydrogen-bond acceptors (Lipinski definition) is 3. The smallest absolute Gasteiger partial charge is 0.265 e. The number of anilines is 1. The highest BCUT2D eigenvalue weighted by molar-refractivity contribution is 6.36. The van der Waals surface area contributed by atoms with Crippen LogP contribution < -0.4 is 9.64 Å². The molecule has 1 amide bonds. The van der Waals surface area contributed by atoms with Crippen molar-refractivity contribution in [2.75, 3.05) is 11.5 Å². The van der Waals surface area contributed by atoms with Crippen LogP contribution in [0.3, 0.4) is 0 Å². The minimum Gasteiger partial charge on any atom is -0.481 e. The second-order valence-electron chi connectivity index (χ2n) is 5.80. The van der Waals surface area contributed by atoms with E-state index in [2.05, 4.69) is 0 Å². The van der Waals surface area contributed by atoms with E-state index in [0.29, 0.717) is 5.02 Å². The van der Waals surface area contributed by atoms with Crippen LogP contribution in [0.5, 0.6) is 5.75 Å². The van der Waals surface area contributed by atoms with E-state index in [1.54, 1.807) is 4.90 Å². The summed E-state index contributed by atoms with van der Waals surface area (Å²) in [5, 5.41) is 0.531. The first kappa shape index (κ1) is 19.3. The molecule has 6 heteroatoms. The lowest BCUT2D eigenvalue weighted by molar-refractivity contribution is -0.120. The second-order valence-corrected chi connectivity index (χ2v) is 6.65. The maximum atomic E-state index is 12.7.